The molecule has 0 amide bonds. The maximum Gasteiger partial charge on any atom is 0.330 e. The van der Waals surface area contributed by atoms with Gasteiger partial charge in [0, 0.05) is 20.2 Å². The maximum absolute atomic E-state index is 11.9. The summed E-state index contributed by atoms with van der Waals surface area (Å²) in [4.78, 5) is 27.3. The average Bonchev–Trinajstić information content (AvgIpc) is 2.68. The Morgan fingerprint density at radius 1 is 1.35 bits per heavy atom. The van der Waals surface area contributed by atoms with Gasteiger partial charge in [0.25, 0.3) is 5.56 Å². The lowest BCUT2D eigenvalue weighted by Crippen LogP contribution is -2.38. The van der Waals surface area contributed by atoms with Crippen LogP contribution in [0.2, 0.25) is 0 Å². The van der Waals surface area contributed by atoms with Gasteiger partial charge in [0.2, 0.25) is 0 Å². The number of aliphatic hydroxyl groups excluding tert-OH is 2. The van der Waals surface area contributed by atoms with Crippen LogP contribution in [0.4, 0.5) is 11.5 Å². The minimum Gasteiger partial charge on any atom is -0.389 e. The van der Waals surface area contributed by atoms with E-state index in [1.807, 2.05) is 0 Å². The van der Waals surface area contributed by atoms with E-state index in [2.05, 4.69) is 4.98 Å². The van der Waals surface area contributed by atoms with E-state index in [9.17, 15) is 19.8 Å². The fourth-order valence-electron chi connectivity index (χ4n) is 2.24. The van der Waals surface area contributed by atoms with Gasteiger partial charge in [0.15, 0.2) is 0 Å². The topological polar surface area (TPSA) is 134 Å². The van der Waals surface area contributed by atoms with Crippen LogP contribution in [0, 0.1) is 0 Å². The standard InChI is InChI=1S/C11H18N4O5/c1-20-3-2-15-9(12)8(10(18)13-11(15)19)14-4-6(16)7(17)5-14/h6-7,16-17H,2-5,12H2,1H3,(H,13,18,19). The Labute approximate surface area is 114 Å². The molecule has 2 heterocycles. The minimum absolute atomic E-state index is 0.00269. The number of rotatable bonds is 4. The van der Waals surface area contributed by atoms with Gasteiger partial charge >= 0.3 is 5.69 Å². The minimum atomic E-state index is -0.951. The van der Waals surface area contributed by atoms with Crippen molar-refractivity contribution in [3.8, 4) is 0 Å². The number of nitrogens with two attached hydrogens (primary N) is 1. The molecule has 9 nitrogen and oxygen atoms in total. The molecular weight excluding hydrogens is 268 g/mol. The van der Waals surface area contributed by atoms with Crippen molar-refractivity contribution in [3.05, 3.63) is 20.8 Å². The molecule has 1 aliphatic heterocycles. The summed E-state index contributed by atoms with van der Waals surface area (Å²) in [6, 6.07) is 0. The zero-order valence-corrected chi connectivity index (χ0v) is 11.1. The number of ether oxygens (including phenoxy) is 1. The smallest absolute Gasteiger partial charge is 0.330 e. The van der Waals surface area contributed by atoms with Gasteiger partial charge in [0.1, 0.15) is 11.5 Å². The van der Waals surface area contributed by atoms with Crippen molar-refractivity contribution in [2.24, 2.45) is 0 Å². The maximum atomic E-state index is 11.9. The first-order chi connectivity index (χ1) is 9.45. The summed E-state index contributed by atoms with van der Waals surface area (Å²) >= 11 is 0. The van der Waals surface area contributed by atoms with Crippen molar-refractivity contribution >= 4 is 11.5 Å². The largest absolute Gasteiger partial charge is 0.389 e. The van der Waals surface area contributed by atoms with Crippen LogP contribution in [-0.4, -0.2) is 58.8 Å². The molecule has 0 radical (unpaired) electrons. The Balaban J connectivity index is 2.43. The van der Waals surface area contributed by atoms with E-state index >= 15 is 0 Å². The molecule has 20 heavy (non-hydrogen) atoms. The molecule has 5 N–H and O–H groups in total. The van der Waals surface area contributed by atoms with Gasteiger partial charge in [-0.15, -0.1) is 0 Å². The molecule has 2 rings (SSSR count). The predicted octanol–water partition coefficient (Wildman–Crippen LogP) is -2.69. The SMILES string of the molecule is COCCn1c(N)c(N2CC(O)C(O)C2)c(=O)[nH]c1=O. The molecule has 0 bridgehead atoms. The Morgan fingerprint density at radius 2 is 1.95 bits per heavy atom. The monoisotopic (exact) mass is 286 g/mol. The molecule has 1 saturated heterocycles. The van der Waals surface area contributed by atoms with Crippen LogP contribution >= 0.6 is 0 Å². The summed E-state index contributed by atoms with van der Waals surface area (Å²) in [6.07, 6.45) is -1.90. The number of hydrogen-bond acceptors (Lipinski definition) is 7. The van der Waals surface area contributed by atoms with Gasteiger partial charge in [-0.05, 0) is 0 Å². The Morgan fingerprint density at radius 3 is 2.50 bits per heavy atom. The first kappa shape index (κ1) is 14.6. The second-order valence-corrected chi connectivity index (χ2v) is 4.68. The zero-order valence-electron chi connectivity index (χ0n) is 11.1. The van der Waals surface area contributed by atoms with Crippen molar-refractivity contribution in [2.45, 2.75) is 18.8 Å². The van der Waals surface area contributed by atoms with Gasteiger partial charge in [0.05, 0.1) is 25.4 Å². The predicted molar refractivity (Wildman–Crippen MR) is 71.8 cm³/mol. The summed E-state index contributed by atoms with van der Waals surface area (Å²) in [7, 11) is 1.49. The molecule has 0 aliphatic carbocycles. The van der Waals surface area contributed by atoms with Gasteiger partial charge in [-0.2, -0.15) is 0 Å². The number of nitrogen functional groups attached to an aromatic ring is 1. The van der Waals surface area contributed by atoms with Gasteiger partial charge in [-0.3, -0.25) is 14.3 Å². The number of hydrogen-bond donors (Lipinski definition) is 4. The molecule has 0 spiro atoms. The van der Waals surface area contributed by atoms with E-state index < -0.39 is 23.5 Å². The lowest BCUT2D eigenvalue weighted by atomic mass is 10.3. The van der Waals surface area contributed by atoms with Crippen molar-refractivity contribution < 1.29 is 14.9 Å². The van der Waals surface area contributed by atoms with Crippen LogP contribution in [0.1, 0.15) is 0 Å². The third kappa shape index (κ3) is 2.55. The van der Waals surface area contributed by atoms with Crippen molar-refractivity contribution in [1.29, 1.82) is 0 Å². The van der Waals surface area contributed by atoms with Crippen LogP contribution < -0.4 is 21.9 Å². The third-order valence-electron chi connectivity index (χ3n) is 3.31. The molecule has 2 unspecified atom stereocenters. The van der Waals surface area contributed by atoms with E-state index in [0.29, 0.717) is 0 Å². The highest BCUT2D eigenvalue weighted by Gasteiger charge is 2.32. The van der Waals surface area contributed by atoms with Crippen LogP contribution in [-0.2, 0) is 11.3 Å². The Hall–Kier alpha value is -1.84. The molecule has 112 valence electrons. The highest BCUT2D eigenvalue weighted by Crippen LogP contribution is 2.21. The Bertz CT molecular complexity index is 585. The molecule has 2 atom stereocenters. The average molecular weight is 286 g/mol. The molecule has 1 aromatic rings. The summed E-state index contributed by atoms with van der Waals surface area (Å²) in [6.45, 7) is 0.624. The quantitative estimate of drug-likeness (QED) is 0.473. The summed E-state index contributed by atoms with van der Waals surface area (Å²) in [5.74, 6) is -0.00269. The van der Waals surface area contributed by atoms with E-state index in [0.717, 1.165) is 0 Å². The number of β-amino-alcohol motifs (C(OH)–C–C–N with tert-alkyl or cyclic N) is 2. The third-order valence-corrected chi connectivity index (χ3v) is 3.31. The molecule has 9 heteroatoms. The van der Waals surface area contributed by atoms with Crippen LogP contribution in [0.5, 0.6) is 0 Å². The Kier molecular flexibility index (Phi) is 4.12. The highest BCUT2D eigenvalue weighted by molar-refractivity contribution is 5.63. The van der Waals surface area contributed by atoms with E-state index in [4.69, 9.17) is 10.5 Å². The summed E-state index contributed by atoms with van der Waals surface area (Å²) in [5, 5.41) is 19.1. The lowest BCUT2D eigenvalue weighted by Gasteiger charge is -2.20. The lowest BCUT2D eigenvalue weighted by molar-refractivity contribution is 0.0572. The number of aliphatic hydroxyl groups is 2. The number of aromatic amines is 1. The molecular formula is C11H18N4O5. The first-order valence-electron chi connectivity index (χ1n) is 6.18. The fraction of sp³-hybridized carbons (Fsp3) is 0.636. The zero-order chi connectivity index (χ0) is 14.9. The molecule has 0 saturated carbocycles. The highest BCUT2D eigenvalue weighted by atomic mass is 16.5. The van der Waals surface area contributed by atoms with E-state index in [1.54, 1.807) is 0 Å². The number of nitrogens with zero attached hydrogens (tertiary/aromatic N) is 2. The number of methoxy groups -OCH3 is 1. The van der Waals surface area contributed by atoms with Crippen molar-refractivity contribution in [3.63, 3.8) is 0 Å². The fourth-order valence-corrected chi connectivity index (χ4v) is 2.24. The van der Waals surface area contributed by atoms with Crippen molar-refractivity contribution in [2.75, 3.05) is 37.4 Å². The molecule has 0 aromatic carbocycles. The summed E-state index contributed by atoms with van der Waals surface area (Å²) in [5.41, 5.74) is 4.71. The second kappa shape index (κ2) is 5.65. The molecule has 1 aliphatic rings. The van der Waals surface area contributed by atoms with Crippen LogP contribution in [0.3, 0.4) is 0 Å². The molecule has 1 fully saturated rings. The van der Waals surface area contributed by atoms with Gasteiger partial charge < -0.3 is 25.6 Å². The number of aromatic nitrogens is 2. The van der Waals surface area contributed by atoms with E-state index in [1.165, 1.54) is 16.6 Å². The van der Waals surface area contributed by atoms with Gasteiger partial charge in [-0.1, -0.05) is 0 Å². The van der Waals surface area contributed by atoms with Gasteiger partial charge in [-0.25, -0.2) is 4.79 Å². The van der Waals surface area contributed by atoms with E-state index in [-0.39, 0.29) is 37.7 Å². The second-order valence-electron chi connectivity index (χ2n) is 4.68. The molecule has 1 aromatic heterocycles. The first-order valence-corrected chi connectivity index (χ1v) is 6.18. The number of H-pyrrole nitrogens is 1. The van der Waals surface area contributed by atoms with Crippen LogP contribution in [0.25, 0.3) is 0 Å². The van der Waals surface area contributed by atoms with Crippen LogP contribution in [0.15, 0.2) is 9.59 Å². The number of nitrogens with one attached hydrogen (secondary N) is 1. The summed E-state index contributed by atoms with van der Waals surface area (Å²) < 4.78 is 6.08. The normalized spacial score (nSPS) is 22.4. The van der Waals surface area contributed by atoms with Crippen molar-refractivity contribution in [1.82, 2.24) is 9.55 Å². The number of anilines is 2.